The average Bonchev–Trinajstić information content (AvgIpc) is 3.09. The molecular formula is C16H17NO3S. The van der Waals surface area contributed by atoms with E-state index in [0.29, 0.717) is 17.6 Å². The molecule has 1 atom stereocenters. The van der Waals surface area contributed by atoms with Gasteiger partial charge in [-0.05, 0) is 29.8 Å². The number of methoxy groups -OCH3 is 1. The van der Waals surface area contributed by atoms with Gasteiger partial charge in [0.05, 0.1) is 13.4 Å². The van der Waals surface area contributed by atoms with Crippen molar-refractivity contribution in [3.05, 3.63) is 54.0 Å². The molecule has 4 nitrogen and oxygen atoms in total. The molecule has 0 saturated carbocycles. The molecule has 21 heavy (non-hydrogen) atoms. The fraction of sp³-hybridized carbons (Fsp3) is 0.312. The van der Waals surface area contributed by atoms with E-state index in [0.717, 1.165) is 18.0 Å². The molecule has 110 valence electrons. The lowest BCUT2D eigenvalue weighted by Gasteiger charge is -2.32. The Hall–Kier alpha value is -1.88. The van der Waals surface area contributed by atoms with E-state index in [1.165, 1.54) is 11.8 Å². The lowest BCUT2D eigenvalue weighted by Crippen LogP contribution is -2.39. The van der Waals surface area contributed by atoms with Gasteiger partial charge in [-0.1, -0.05) is 12.1 Å². The van der Waals surface area contributed by atoms with E-state index in [2.05, 4.69) is 12.1 Å². The Morgan fingerprint density at radius 1 is 1.33 bits per heavy atom. The Morgan fingerprint density at radius 2 is 2.14 bits per heavy atom. The highest BCUT2D eigenvalue weighted by Crippen LogP contribution is 2.34. The zero-order valence-corrected chi connectivity index (χ0v) is 12.6. The second-order valence-corrected chi connectivity index (χ2v) is 6.17. The minimum absolute atomic E-state index is 0.0289. The van der Waals surface area contributed by atoms with Gasteiger partial charge in [-0.3, -0.25) is 4.79 Å². The minimum Gasteiger partial charge on any atom is -0.497 e. The highest BCUT2D eigenvalue weighted by Gasteiger charge is 2.27. The van der Waals surface area contributed by atoms with Crippen LogP contribution in [0, 0.1) is 0 Å². The number of carbonyl (C=O) groups excluding carboxylic acids is 1. The Bertz CT molecular complexity index is 594. The molecule has 0 aliphatic carbocycles. The normalized spacial score (nSPS) is 18.5. The number of ether oxygens (including phenoxy) is 1. The first-order chi connectivity index (χ1) is 10.3. The zero-order chi connectivity index (χ0) is 14.7. The predicted molar refractivity (Wildman–Crippen MR) is 82.8 cm³/mol. The van der Waals surface area contributed by atoms with Crippen LogP contribution in [0.25, 0.3) is 0 Å². The summed E-state index contributed by atoms with van der Waals surface area (Å²) < 4.78 is 10.4. The van der Waals surface area contributed by atoms with Crippen LogP contribution >= 0.6 is 11.8 Å². The van der Waals surface area contributed by atoms with Crippen LogP contribution in [0.2, 0.25) is 0 Å². The third-order valence-corrected chi connectivity index (χ3v) is 4.82. The minimum atomic E-state index is -0.0289. The number of carbonyl (C=O) groups is 1. The number of benzene rings is 1. The molecule has 0 spiro atoms. The summed E-state index contributed by atoms with van der Waals surface area (Å²) in [6.45, 7) is 1.47. The molecule has 0 bridgehead atoms. The van der Waals surface area contributed by atoms with Crippen LogP contribution in [0.1, 0.15) is 21.4 Å². The van der Waals surface area contributed by atoms with Gasteiger partial charge in [0, 0.05) is 24.1 Å². The van der Waals surface area contributed by atoms with Crippen LogP contribution in [0.5, 0.6) is 5.75 Å². The number of hydrogen-bond acceptors (Lipinski definition) is 4. The van der Waals surface area contributed by atoms with Crippen molar-refractivity contribution >= 4 is 17.7 Å². The van der Waals surface area contributed by atoms with E-state index in [-0.39, 0.29) is 5.91 Å². The molecule has 1 amide bonds. The number of nitrogens with zero attached hydrogens (tertiary/aromatic N) is 1. The van der Waals surface area contributed by atoms with Gasteiger partial charge >= 0.3 is 0 Å². The first kappa shape index (κ1) is 14.1. The fourth-order valence-corrected chi connectivity index (χ4v) is 3.66. The fourth-order valence-electron chi connectivity index (χ4n) is 2.41. The lowest BCUT2D eigenvalue weighted by atomic mass is 10.1. The third-order valence-electron chi connectivity index (χ3n) is 3.57. The number of hydrogen-bond donors (Lipinski definition) is 0. The number of furan rings is 1. The molecule has 1 aliphatic rings. The van der Waals surface area contributed by atoms with Crippen molar-refractivity contribution in [2.24, 2.45) is 0 Å². The van der Waals surface area contributed by atoms with Crippen molar-refractivity contribution < 1.29 is 13.9 Å². The average molecular weight is 303 g/mol. The molecule has 1 aromatic carbocycles. The second kappa shape index (κ2) is 6.26. The largest absolute Gasteiger partial charge is 0.497 e. The molecule has 1 fully saturated rings. The monoisotopic (exact) mass is 303 g/mol. The summed E-state index contributed by atoms with van der Waals surface area (Å²) in [6, 6.07) is 11.5. The highest BCUT2D eigenvalue weighted by molar-refractivity contribution is 7.99. The summed E-state index contributed by atoms with van der Waals surface area (Å²) >= 11 is 1.88. The van der Waals surface area contributed by atoms with Crippen LogP contribution in [-0.4, -0.2) is 36.8 Å². The zero-order valence-electron chi connectivity index (χ0n) is 11.8. The smallest absolute Gasteiger partial charge is 0.289 e. The van der Waals surface area contributed by atoms with Crippen molar-refractivity contribution in [3.63, 3.8) is 0 Å². The molecule has 5 heteroatoms. The predicted octanol–water partition coefficient (Wildman–Crippen LogP) is 3.22. The molecule has 1 saturated heterocycles. The summed E-state index contributed by atoms with van der Waals surface area (Å²) in [7, 11) is 1.66. The standard InChI is InChI=1S/C16H17NO3S/c1-19-13-6-4-12(5-7-13)15-11-17(8-10-21-15)16(18)14-3-2-9-20-14/h2-7,9,15H,8,10-11H2,1H3. The van der Waals surface area contributed by atoms with Crippen molar-refractivity contribution in [3.8, 4) is 5.75 Å². The summed E-state index contributed by atoms with van der Waals surface area (Å²) in [5.41, 5.74) is 1.22. The third kappa shape index (κ3) is 3.08. The second-order valence-electron chi connectivity index (χ2n) is 4.86. The number of thioether (sulfide) groups is 1. The molecule has 3 rings (SSSR count). The van der Waals surface area contributed by atoms with Crippen LogP contribution in [0.15, 0.2) is 47.1 Å². The Kier molecular flexibility index (Phi) is 4.20. The maximum atomic E-state index is 12.3. The van der Waals surface area contributed by atoms with E-state index in [4.69, 9.17) is 9.15 Å². The van der Waals surface area contributed by atoms with Gasteiger partial charge in [0.15, 0.2) is 5.76 Å². The summed E-state index contributed by atoms with van der Waals surface area (Å²) in [6.07, 6.45) is 1.53. The summed E-state index contributed by atoms with van der Waals surface area (Å²) in [5, 5.41) is 0.295. The number of rotatable bonds is 3. The first-order valence-electron chi connectivity index (χ1n) is 6.86. The SMILES string of the molecule is COc1ccc(C2CN(C(=O)c3ccco3)CCS2)cc1. The van der Waals surface area contributed by atoms with Gasteiger partial charge in [0.2, 0.25) is 0 Å². The van der Waals surface area contributed by atoms with Crippen LogP contribution < -0.4 is 4.74 Å². The Morgan fingerprint density at radius 3 is 2.81 bits per heavy atom. The Labute approximate surface area is 128 Å². The van der Waals surface area contributed by atoms with E-state index < -0.39 is 0 Å². The molecule has 1 unspecified atom stereocenters. The van der Waals surface area contributed by atoms with Crippen LogP contribution in [-0.2, 0) is 0 Å². The van der Waals surface area contributed by atoms with Crippen LogP contribution in [0.3, 0.4) is 0 Å². The molecule has 1 aromatic heterocycles. The molecule has 0 N–H and O–H groups in total. The summed E-state index contributed by atoms with van der Waals surface area (Å²) in [5.74, 6) is 2.17. The quantitative estimate of drug-likeness (QED) is 0.873. The lowest BCUT2D eigenvalue weighted by molar-refractivity contribution is 0.0729. The van der Waals surface area contributed by atoms with Gasteiger partial charge in [-0.25, -0.2) is 0 Å². The van der Waals surface area contributed by atoms with E-state index in [1.54, 1.807) is 19.2 Å². The van der Waals surface area contributed by atoms with Crippen molar-refractivity contribution in [2.75, 3.05) is 26.0 Å². The van der Waals surface area contributed by atoms with E-state index in [9.17, 15) is 4.79 Å². The van der Waals surface area contributed by atoms with Gasteiger partial charge < -0.3 is 14.1 Å². The van der Waals surface area contributed by atoms with E-state index in [1.807, 2.05) is 28.8 Å². The van der Waals surface area contributed by atoms with Crippen molar-refractivity contribution in [1.29, 1.82) is 0 Å². The Balaban J connectivity index is 1.71. The van der Waals surface area contributed by atoms with Gasteiger partial charge in [0.1, 0.15) is 5.75 Å². The molecule has 2 heterocycles. The topological polar surface area (TPSA) is 42.7 Å². The van der Waals surface area contributed by atoms with Gasteiger partial charge in [-0.15, -0.1) is 0 Å². The first-order valence-corrected chi connectivity index (χ1v) is 7.91. The molecular weight excluding hydrogens is 286 g/mol. The van der Waals surface area contributed by atoms with Crippen molar-refractivity contribution in [2.45, 2.75) is 5.25 Å². The van der Waals surface area contributed by atoms with Gasteiger partial charge in [-0.2, -0.15) is 11.8 Å². The maximum Gasteiger partial charge on any atom is 0.289 e. The highest BCUT2D eigenvalue weighted by atomic mass is 32.2. The summed E-state index contributed by atoms with van der Waals surface area (Å²) in [4.78, 5) is 14.2. The van der Waals surface area contributed by atoms with Gasteiger partial charge in [0.25, 0.3) is 5.91 Å². The number of amides is 1. The van der Waals surface area contributed by atoms with E-state index >= 15 is 0 Å². The van der Waals surface area contributed by atoms with Crippen molar-refractivity contribution in [1.82, 2.24) is 4.90 Å². The molecule has 2 aromatic rings. The maximum absolute atomic E-state index is 12.3. The molecule has 1 aliphatic heterocycles. The molecule has 0 radical (unpaired) electrons. The van der Waals surface area contributed by atoms with Crippen LogP contribution in [0.4, 0.5) is 0 Å².